The van der Waals surface area contributed by atoms with Gasteiger partial charge in [-0.05, 0) is 18.6 Å². The molecule has 0 aliphatic heterocycles. The molecule has 0 bridgehead atoms. The number of carboxylic acids is 1. The summed E-state index contributed by atoms with van der Waals surface area (Å²) in [5.41, 5.74) is 0. The molecule has 0 radical (unpaired) electrons. The van der Waals surface area contributed by atoms with E-state index in [-0.39, 0.29) is 5.91 Å². The normalized spacial score (nSPS) is 12.1. The Morgan fingerprint density at radius 3 is 2.21 bits per heavy atom. The zero-order valence-electron chi connectivity index (χ0n) is 11.9. The van der Waals surface area contributed by atoms with E-state index in [1.54, 1.807) is 0 Å². The lowest BCUT2D eigenvalue weighted by molar-refractivity contribution is -0.141. The number of carbonyl (C=O) groups is 2. The Balaban J connectivity index is 3.60. The lowest BCUT2D eigenvalue weighted by atomic mass is 10.1. The second-order valence-electron chi connectivity index (χ2n) is 4.84. The molecule has 112 valence electrons. The molecular formula is C14H27NO3S. The Bertz CT molecular complexity index is 259. The van der Waals surface area contributed by atoms with Crippen LogP contribution in [0.3, 0.4) is 0 Å². The van der Waals surface area contributed by atoms with Gasteiger partial charge in [-0.25, -0.2) is 4.79 Å². The molecule has 0 heterocycles. The Hall–Kier alpha value is -0.710. The van der Waals surface area contributed by atoms with Crippen LogP contribution in [-0.2, 0) is 9.59 Å². The summed E-state index contributed by atoms with van der Waals surface area (Å²) in [4.78, 5) is 22.4. The van der Waals surface area contributed by atoms with Gasteiger partial charge in [0.25, 0.3) is 0 Å². The van der Waals surface area contributed by atoms with Crippen molar-refractivity contribution < 1.29 is 14.7 Å². The fourth-order valence-corrected chi connectivity index (χ4v) is 2.15. The first kappa shape index (κ1) is 18.3. The Morgan fingerprint density at radius 2 is 1.68 bits per heavy atom. The van der Waals surface area contributed by atoms with Crippen molar-refractivity contribution in [3.8, 4) is 0 Å². The van der Waals surface area contributed by atoms with Crippen molar-refractivity contribution in [3.63, 3.8) is 0 Å². The molecule has 0 aromatic heterocycles. The monoisotopic (exact) mass is 289 g/mol. The highest BCUT2D eigenvalue weighted by atomic mass is 32.1. The molecule has 0 fully saturated rings. The number of hydrogen-bond donors (Lipinski definition) is 3. The minimum Gasteiger partial charge on any atom is -0.480 e. The predicted molar refractivity (Wildman–Crippen MR) is 80.6 cm³/mol. The van der Waals surface area contributed by atoms with Gasteiger partial charge in [-0.2, -0.15) is 12.6 Å². The average molecular weight is 289 g/mol. The quantitative estimate of drug-likeness (QED) is 0.382. The van der Waals surface area contributed by atoms with E-state index >= 15 is 0 Å². The molecule has 2 N–H and O–H groups in total. The second-order valence-corrected chi connectivity index (χ2v) is 5.29. The molecule has 0 unspecified atom stereocenters. The molecule has 0 saturated heterocycles. The number of carboxylic acid groups (broad SMARTS) is 1. The molecule has 0 aliphatic rings. The summed E-state index contributed by atoms with van der Waals surface area (Å²) in [5, 5.41) is 11.4. The molecule has 0 aromatic rings. The van der Waals surface area contributed by atoms with Crippen LogP contribution in [0.15, 0.2) is 0 Å². The van der Waals surface area contributed by atoms with Crippen LogP contribution >= 0.6 is 12.6 Å². The number of thiol groups is 1. The lowest BCUT2D eigenvalue weighted by Gasteiger charge is -2.13. The number of amides is 1. The molecule has 1 amide bonds. The smallest absolute Gasteiger partial charge is 0.326 e. The van der Waals surface area contributed by atoms with Crippen LogP contribution in [0.25, 0.3) is 0 Å². The van der Waals surface area contributed by atoms with Gasteiger partial charge in [0.2, 0.25) is 5.91 Å². The minimum atomic E-state index is -0.984. The van der Waals surface area contributed by atoms with Gasteiger partial charge < -0.3 is 10.4 Å². The average Bonchev–Trinajstić information content (AvgIpc) is 2.37. The fraction of sp³-hybridized carbons (Fsp3) is 0.857. The van der Waals surface area contributed by atoms with Gasteiger partial charge in [-0.15, -0.1) is 0 Å². The van der Waals surface area contributed by atoms with Crippen molar-refractivity contribution in [3.05, 3.63) is 0 Å². The van der Waals surface area contributed by atoms with Crippen molar-refractivity contribution in [1.82, 2.24) is 5.32 Å². The molecule has 1 atom stereocenters. The van der Waals surface area contributed by atoms with Crippen LogP contribution in [-0.4, -0.2) is 28.8 Å². The number of carbonyl (C=O) groups excluding carboxylic acids is 1. The van der Waals surface area contributed by atoms with Gasteiger partial charge in [-0.1, -0.05) is 45.4 Å². The van der Waals surface area contributed by atoms with Crippen molar-refractivity contribution in [2.24, 2.45) is 0 Å². The van der Waals surface area contributed by atoms with E-state index in [0.717, 1.165) is 19.3 Å². The SMILES string of the molecule is CCCCCCCCCC(=O)N[C@@H](CCS)C(=O)O. The summed E-state index contributed by atoms with van der Waals surface area (Å²) in [7, 11) is 0. The van der Waals surface area contributed by atoms with Crippen LogP contribution in [0, 0.1) is 0 Å². The maximum Gasteiger partial charge on any atom is 0.326 e. The minimum absolute atomic E-state index is 0.164. The van der Waals surface area contributed by atoms with Crippen LogP contribution in [0.1, 0.15) is 64.7 Å². The third-order valence-electron chi connectivity index (χ3n) is 3.06. The Labute approximate surface area is 121 Å². The maximum atomic E-state index is 11.6. The summed E-state index contributed by atoms with van der Waals surface area (Å²) in [6.45, 7) is 2.19. The van der Waals surface area contributed by atoms with E-state index < -0.39 is 12.0 Å². The van der Waals surface area contributed by atoms with Gasteiger partial charge in [0, 0.05) is 6.42 Å². The number of rotatable bonds is 12. The van der Waals surface area contributed by atoms with E-state index in [4.69, 9.17) is 5.11 Å². The third-order valence-corrected chi connectivity index (χ3v) is 3.32. The zero-order valence-corrected chi connectivity index (χ0v) is 12.8. The highest BCUT2D eigenvalue weighted by Gasteiger charge is 2.18. The number of nitrogens with one attached hydrogen (secondary N) is 1. The highest BCUT2D eigenvalue weighted by Crippen LogP contribution is 2.08. The Morgan fingerprint density at radius 1 is 1.11 bits per heavy atom. The first-order chi connectivity index (χ1) is 9.11. The third kappa shape index (κ3) is 10.9. The summed E-state index contributed by atoms with van der Waals surface area (Å²) < 4.78 is 0. The van der Waals surface area contributed by atoms with Crippen LogP contribution in [0.5, 0.6) is 0 Å². The van der Waals surface area contributed by atoms with Crippen LogP contribution in [0.2, 0.25) is 0 Å². The summed E-state index contributed by atoms with van der Waals surface area (Å²) in [6, 6.07) is -0.797. The standard InChI is InChI=1S/C14H27NO3S/c1-2-3-4-5-6-7-8-9-13(16)15-12(10-11-19)14(17)18/h12,19H,2-11H2,1H3,(H,15,16)(H,17,18)/t12-/m0/s1. The molecule has 0 spiro atoms. The summed E-state index contributed by atoms with van der Waals surface area (Å²) >= 11 is 3.99. The first-order valence-corrected chi connectivity index (χ1v) is 7.88. The fourth-order valence-electron chi connectivity index (χ4n) is 1.90. The summed E-state index contributed by atoms with van der Waals surface area (Å²) in [5.74, 6) is -0.695. The van der Waals surface area contributed by atoms with E-state index in [1.807, 2.05) is 0 Å². The van der Waals surface area contributed by atoms with Gasteiger partial charge >= 0.3 is 5.97 Å². The van der Waals surface area contributed by atoms with Crippen LogP contribution in [0.4, 0.5) is 0 Å². The van der Waals surface area contributed by atoms with Gasteiger partial charge in [0.1, 0.15) is 6.04 Å². The Kier molecular flexibility index (Phi) is 11.9. The molecule has 5 heteroatoms. The number of unbranched alkanes of at least 4 members (excludes halogenated alkanes) is 6. The van der Waals surface area contributed by atoms with E-state index in [9.17, 15) is 9.59 Å². The molecule has 0 aromatic carbocycles. The largest absolute Gasteiger partial charge is 0.480 e. The topological polar surface area (TPSA) is 66.4 Å². The van der Waals surface area contributed by atoms with E-state index in [2.05, 4.69) is 24.9 Å². The first-order valence-electron chi connectivity index (χ1n) is 7.24. The van der Waals surface area contributed by atoms with Crippen molar-refractivity contribution in [2.75, 3.05) is 5.75 Å². The molecule has 0 rings (SSSR count). The number of aliphatic carboxylic acids is 1. The molecule has 19 heavy (non-hydrogen) atoms. The predicted octanol–water partition coefficient (Wildman–Crippen LogP) is 3.02. The zero-order chi connectivity index (χ0) is 14.5. The van der Waals surface area contributed by atoms with E-state index in [1.165, 1.54) is 25.7 Å². The lowest BCUT2D eigenvalue weighted by Crippen LogP contribution is -2.40. The second kappa shape index (κ2) is 12.3. The molecule has 0 aliphatic carbocycles. The van der Waals surface area contributed by atoms with Crippen molar-refractivity contribution >= 4 is 24.5 Å². The molecular weight excluding hydrogens is 262 g/mol. The van der Waals surface area contributed by atoms with Gasteiger partial charge in [-0.3, -0.25) is 4.79 Å². The van der Waals surface area contributed by atoms with Crippen molar-refractivity contribution in [2.45, 2.75) is 70.8 Å². The van der Waals surface area contributed by atoms with Crippen molar-refractivity contribution in [1.29, 1.82) is 0 Å². The number of hydrogen-bond acceptors (Lipinski definition) is 3. The molecule has 4 nitrogen and oxygen atoms in total. The van der Waals surface area contributed by atoms with E-state index in [0.29, 0.717) is 18.6 Å². The molecule has 0 saturated carbocycles. The van der Waals surface area contributed by atoms with Crippen LogP contribution < -0.4 is 5.32 Å². The summed E-state index contributed by atoms with van der Waals surface area (Å²) in [6.07, 6.45) is 8.84. The maximum absolute atomic E-state index is 11.6. The highest BCUT2D eigenvalue weighted by molar-refractivity contribution is 7.80. The van der Waals surface area contributed by atoms with Gasteiger partial charge in [0.05, 0.1) is 0 Å². The van der Waals surface area contributed by atoms with Gasteiger partial charge in [0.15, 0.2) is 0 Å².